The Labute approximate surface area is 830 Å². The number of hydrogen-bond donors (Lipinski definition) is 2. The summed E-state index contributed by atoms with van der Waals surface area (Å²) in [4.78, 5) is 92.2. The van der Waals surface area contributed by atoms with Crippen molar-refractivity contribution in [3.63, 3.8) is 0 Å². The van der Waals surface area contributed by atoms with Gasteiger partial charge in [-0.2, -0.15) is 10.1 Å². The lowest BCUT2D eigenvalue weighted by molar-refractivity contribution is -0.261. The van der Waals surface area contributed by atoms with E-state index in [0.29, 0.717) is 219 Å². The van der Waals surface area contributed by atoms with E-state index in [-0.39, 0.29) is 128 Å². The molecule has 2 unspecified atom stereocenters. The van der Waals surface area contributed by atoms with E-state index in [1.165, 1.54) is 10.1 Å². The van der Waals surface area contributed by atoms with Crippen molar-refractivity contribution >= 4 is 35.8 Å². The van der Waals surface area contributed by atoms with Gasteiger partial charge in [0, 0.05) is 60.7 Å². The minimum absolute atomic E-state index is 0.00460. The lowest BCUT2D eigenvalue weighted by Crippen LogP contribution is -2.60. The predicted molar refractivity (Wildman–Crippen MR) is 536 cm³/mol. The second kappa shape index (κ2) is 51.1. The van der Waals surface area contributed by atoms with E-state index >= 15 is 28.8 Å². The van der Waals surface area contributed by atoms with Crippen LogP contribution in [0.5, 0.6) is 0 Å². The monoisotopic (exact) mass is 1960 g/mol. The van der Waals surface area contributed by atoms with Crippen molar-refractivity contribution in [2.75, 3.05) is 79.3 Å². The number of ether oxygens (including phenoxy) is 12. The van der Waals surface area contributed by atoms with E-state index in [1.807, 2.05) is 187 Å². The quantitative estimate of drug-likeness (QED) is 0.0201. The fourth-order valence-corrected chi connectivity index (χ4v) is 23.8. The molecule has 10 N–H and O–H groups in total. The first-order chi connectivity index (χ1) is 64.1. The molecule has 6 aliphatic rings. The molecule has 1 aromatic carbocycles. The number of carbonyl (C=O) groups is 6. The summed E-state index contributed by atoms with van der Waals surface area (Å²) < 4.78 is 76.4. The molecule has 0 spiro atoms. The Morgan fingerprint density at radius 2 is 0.399 bits per heavy atom. The molecular formula is C108H196N6O24+4. The van der Waals surface area contributed by atoms with E-state index < -0.39 is 119 Å². The molecule has 138 heavy (non-hydrogen) atoms. The largest absolute Gasteiger partial charge is 0.465 e. The van der Waals surface area contributed by atoms with Crippen LogP contribution in [0, 0.1) is 16.2 Å². The number of esters is 6. The van der Waals surface area contributed by atoms with Crippen LogP contribution in [0.4, 0.5) is 0 Å². The summed E-state index contributed by atoms with van der Waals surface area (Å²) >= 11 is 0. The molecule has 7 rings (SSSR count). The van der Waals surface area contributed by atoms with Crippen molar-refractivity contribution in [3.05, 3.63) is 34.9 Å². The average Bonchev–Trinajstić information content (AvgIpc) is 0.783. The summed E-state index contributed by atoms with van der Waals surface area (Å²) in [6.45, 7) is 56.4. The minimum atomic E-state index is -1.71. The fraction of sp³-hybridized carbons (Fsp3) is 0.889. The van der Waals surface area contributed by atoms with Crippen molar-refractivity contribution in [3.8, 4) is 0 Å². The standard InChI is InChI=1S/C108H192N6O24/c1-28-31-46-106(88(115)133-58-37-52-127-82-67-94(4,5)109(121)95(6,7)68-82,89(116)134-59-38-53-128-83-69-96(8,9)110(122)97(10,11)70-83)49-34-43-79-64-80(44-35-50-107(47-32-29-2,90(117)135-60-39-54-129-84-71-98(12,13)111(123)99(14,15)72-84)91(118)136-61-40-55-130-85-73-100(16,17)112(124)101(18,19)74-85)66-81(65-79)45-36-51-108(48-33-30-3,92(119)137-62-41-56-131-86-75-102(20,21)113(125)103(22,23)76-86)93(120)138-63-42-57-132-87-77-104(24,25)114(126)105(26,27)78-87/h64-66,82-87,121-126H,28-63,67-78H2,1-27H3/p+4. The van der Waals surface area contributed by atoms with Crippen LogP contribution in [0.15, 0.2) is 18.2 Å². The summed E-state index contributed by atoms with van der Waals surface area (Å²) in [5.74, 6) is -4.00. The SMILES string of the molecule is CCCCC(CCCc1cc(CCCC(CCCC)(C(=O)OCCCOC2CC(C)(C)N(O)C(C)(C)C2)C(=O)OCCCOC2CC(C)(C)N([OH2+])C(C)(C)C2)cc(CCCC(CCCC)(C(=O)OCCCOC2CC(C)(C)N([OH2+])C(C)(C)C2)C(=O)OCCCOC2CC(C)(C)N([OH2+])C(C)(C)C2)c1)(C(=O)OCCCOC1CC(C)(C)N(O)C(C)(C)C1)C(=O)OCCCOC1CC(C)(C)N([OH2+])C(C)(C)C1. The zero-order chi connectivity index (χ0) is 103. The first-order valence-electron chi connectivity index (χ1n) is 53.0. The summed E-state index contributed by atoms with van der Waals surface area (Å²) in [7, 11) is 0. The topological polar surface area (TPSA) is 365 Å². The molecule has 6 aliphatic heterocycles. The van der Waals surface area contributed by atoms with Gasteiger partial charge in [0.2, 0.25) is 0 Å². The van der Waals surface area contributed by atoms with Crippen LogP contribution in [-0.2, 0) is 105 Å². The maximum absolute atomic E-state index is 15.4. The maximum atomic E-state index is 15.4. The van der Waals surface area contributed by atoms with Crippen molar-refractivity contribution in [2.45, 2.75) is 521 Å². The zero-order valence-corrected chi connectivity index (χ0v) is 91.1. The molecule has 0 amide bonds. The van der Waals surface area contributed by atoms with Gasteiger partial charge in [-0.05, 0) is 337 Å². The van der Waals surface area contributed by atoms with Gasteiger partial charge in [-0.3, -0.25) is 28.8 Å². The number of carbonyl (C=O) groups excluding carboxylic acids is 6. The molecule has 6 fully saturated rings. The Balaban J connectivity index is 1.23. The lowest BCUT2D eigenvalue weighted by atomic mass is 9.77. The van der Waals surface area contributed by atoms with Crippen molar-refractivity contribution < 1.29 is 117 Å². The van der Waals surface area contributed by atoms with E-state index in [1.54, 1.807) is 20.3 Å². The van der Waals surface area contributed by atoms with Crippen LogP contribution in [0.25, 0.3) is 0 Å². The molecule has 0 aromatic heterocycles. The molecule has 30 heteroatoms. The summed E-state index contributed by atoms with van der Waals surface area (Å²) in [6.07, 6.45) is 15.5. The highest BCUT2D eigenvalue weighted by Gasteiger charge is 2.57. The third-order valence-corrected chi connectivity index (χ3v) is 30.7. The number of nitrogens with zero attached hydrogens (tertiary/aromatic N) is 6. The van der Waals surface area contributed by atoms with E-state index in [9.17, 15) is 10.4 Å². The smallest absolute Gasteiger partial charge is 0.323 e. The van der Waals surface area contributed by atoms with Crippen LogP contribution in [-0.4, -0.2) is 280 Å². The van der Waals surface area contributed by atoms with Gasteiger partial charge < -0.3 is 88.1 Å². The molecule has 2 atom stereocenters. The molecule has 1 aromatic rings. The highest BCUT2D eigenvalue weighted by Crippen LogP contribution is 2.47. The van der Waals surface area contributed by atoms with Gasteiger partial charge in [-0.1, -0.05) is 97.7 Å². The number of hydroxylamine groups is 12. The first-order valence-corrected chi connectivity index (χ1v) is 53.0. The van der Waals surface area contributed by atoms with Crippen molar-refractivity contribution in [1.82, 2.24) is 30.4 Å². The van der Waals surface area contributed by atoms with Crippen LogP contribution in [0.1, 0.15) is 416 Å². The highest BCUT2D eigenvalue weighted by atomic mass is 16.6. The van der Waals surface area contributed by atoms with E-state index in [2.05, 4.69) is 18.2 Å². The number of unbranched alkanes of at least 4 members (excludes halogenated alkanes) is 3. The van der Waals surface area contributed by atoms with Crippen LogP contribution in [0.2, 0.25) is 0 Å². The fourth-order valence-electron chi connectivity index (χ4n) is 23.8. The van der Waals surface area contributed by atoms with Gasteiger partial charge in [-0.25, -0.2) is 0 Å². The van der Waals surface area contributed by atoms with Crippen molar-refractivity contribution in [1.29, 1.82) is 0 Å². The number of aryl methyl sites for hydroxylation is 3. The number of hydrogen-bond acceptors (Lipinski definition) is 26. The Bertz CT molecular complexity index is 3250. The minimum Gasteiger partial charge on any atom is -0.465 e. The van der Waals surface area contributed by atoms with Gasteiger partial charge >= 0.3 is 35.8 Å². The van der Waals surface area contributed by atoms with E-state index in [0.717, 1.165) is 16.7 Å². The molecular weight excluding hydrogens is 1770 g/mol. The molecule has 798 valence electrons. The van der Waals surface area contributed by atoms with Gasteiger partial charge in [0.1, 0.15) is 0 Å². The summed E-state index contributed by atoms with van der Waals surface area (Å²) in [6, 6.07) is 6.33. The Morgan fingerprint density at radius 3 is 0.551 bits per heavy atom. The molecule has 30 nitrogen and oxygen atoms in total. The van der Waals surface area contributed by atoms with Gasteiger partial charge in [0.25, 0.3) is 0 Å². The second-order valence-corrected chi connectivity index (χ2v) is 49.3. The summed E-state index contributed by atoms with van der Waals surface area (Å²) in [5, 5.41) is 67.0. The number of rotatable bonds is 57. The molecule has 6 heterocycles. The van der Waals surface area contributed by atoms with Crippen LogP contribution >= 0.6 is 0 Å². The molecule has 0 saturated carbocycles. The van der Waals surface area contributed by atoms with Crippen molar-refractivity contribution in [2.24, 2.45) is 16.2 Å². The Morgan fingerprint density at radius 1 is 0.254 bits per heavy atom. The second-order valence-electron chi connectivity index (χ2n) is 49.3. The number of benzene rings is 1. The zero-order valence-electron chi connectivity index (χ0n) is 91.1. The molecule has 0 bridgehead atoms. The highest BCUT2D eigenvalue weighted by molar-refractivity contribution is 6.01. The number of piperidine rings is 6. The lowest BCUT2D eigenvalue weighted by Gasteiger charge is -2.51. The summed E-state index contributed by atoms with van der Waals surface area (Å²) in [5.41, 5.74) is -8.06. The van der Waals surface area contributed by atoms with Crippen LogP contribution in [0.3, 0.4) is 0 Å². The Hall–Kier alpha value is -4.68. The Kier molecular flexibility index (Phi) is 44.5. The maximum Gasteiger partial charge on any atom is 0.323 e. The third kappa shape index (κ3) is 33.2. The van der Waals surface area contributed by atoms with Gasteiger partial charge in [0.05, 0.1) is 160 Å². The first kappa shape index (κ1) is 120. The normalized spacial score (nSPS) is 23.0. The average molecular weight is 1960 g/mol. The predicted octanol–water partition coefficient (Wildman–Crippen LogP) is 17.4. The van der Waals surface area contributed by atoms with Crippen LogP contribution < -0.4 is 0 Å². The third-order valence-electron chi connectivity index (χ3n) is 30.7. The molecule has 6 saturated heterocycles. The van der Waals surface area contributed by atoms with E-state index in [4.69, 9.17) is 77.7 Å². The van der Waals surface area contributed by atoms with Gasteiger partial charge in [-0.15, -0.1) is 0 Å². The molecule has 0 radical (unpaired) electrons. The molecule has 0 aliphatic carbocycles. The van der Waals surface area contributed by atoms with Gasteiger partial charge in [0.15, 0.2) is 16.2 Å².